The van der Waals surface area contributed by atoms with Crippen LogP contribution in [-0.4, -0.2) is 17.8 Å². The minimum absolute atomic E-state index is 0.365. The fraction of sp³-hybridized carbons (Fsp3) is 0.211. The second-order valence-electron chi connectivity index (χ2n) is 6.03. The topological polar surface area (TPSA) is 84.5 Å². The number of nitrogens with one attached hydrogen (secondary N) is 2. The minimum Gasteiger partial charge on any atom is -0.489 e. The number of halogens is 1. The monoisotopic (exact) mass is 416 g/mol. The van der Waals surface area contributed by atoms with Crippen LogP contribution in [0.3, 0.4) is 0 Å². The van der Waals surface area contributed by atoms with Crippen LogP contribution in [0.15, 0.2) is 53.0 Å². The Hall–Kier alpha value is -2.67. The van der Waals surface area contributed by atoms with Crippen LogP contribution in [0.25, 0.3) is 0 Å². The van der Waals surface area contributed by atoms with Gasteiger partial charge in [-0.2, -0.15) is 0 Å². The van der Waals surface area contributed by atoms with Gasteiger partial charge in [-0.1, -0.05) is 53.2 Å². The molecule has 2 aromatic carbocycles. The first-order chi connectivity index (χ1) is 12.5. The van der Waals surface area contributed by atoms with E-state index in [1.54, 1.807) is 13.0 Å². The Bertz CT molecular complexity index is 834. The van der Waals surface area contributed by atoms with E-state index in [-0.39, 0.29) is 0 Å². The first-order valence-corrected chi connectivity index (χ1v) is 8.87. The molecule has 1 heterocycles. The number of carbonyl (C=O) groups is 3. The molecule has 0 radical (unpaired) electrons. The summed E-state index contributed by atoms with van der Waals surface area (Å²) in [6, 6.07) is 14.3. The molecule has 1 aliphatic heterocycles. The summed E-state index contributed by atoms with van der Waals surface area (Å²) in [6.07, 6.45) is 0. The van der Waals surface area contributed by atoms with Crippen LogP contribution in [0.5, 0.6) is 5.75 Å². The normalized spacial score (nSPS) is 16.0. The molecule has 4 amide bonds. The van der Waals surface area contributed by atoms with Gasteiger partial charge in [-0.15, -0.1) is 0 Å². The number of hydrogen-bond donors (Lipinski definition) is 2. The van der Waals surface area contributed by atoms with Crippen molar-refractivity contribution in [3.05, 3.63) is 64.1 Å². The molecule has 3 rings (SSSR count). The highest BCUT2D eigenvalue weighted by Crippen LogP contribution is 2.35. The van der Waals surface area contributed by atoms with E-state index in [0.717, 1.165) is 10.0 Å². The Labute approximate surface area is 159 Å². The van der Waals surface area contributed by atoms with Crippen molar-refractivity contribution in [2.24, 2.45) is 5.92 Å². The van der Waals surface area contributed by atoms with Crippen molar-refractivity contribution in [3.8, 4) is 5.75 Å². The van der Waals surface area contributed by atoms with E-state index < -0.39 is 29.7 Å². The average molecular weight is 417 g/mol. The molecule has 2 N–H and O–H groups in total. The molecule has 1 fully saturated rings. The standard InChI is InChI=1S/C19H17BrN2O4/c1-11(16-17(23)21-19(25)22-18(16)24)14-9-13(20)7-8-15(14)26-10-12-5-3-2-4-6-12/h2-9,11,16H,10H2,1H3,(H2,21,22,23,24,25). The molecule has 0 aliphatic carbocycles. The number of urea groups is 1. The van der Waals surface area contributed by atoms with Crippen LogP contribution in [0, 0.1) is 5.92 Å². The molecule has 6 nitrogen and oxygen atoms in total. The quantitative estimate of drug-likeness (QED) is 0.733. The Morgan fingerprint density at radius 2 is 1.69 bits per heavy atom. The summed E-state index contributed by atoms with van der Waals surface area (Å²) < 4.78 is 6.74. The first-order valence-electron chi connectivity index (χ1n) is 8.07. The second kappa shape index (κ2) is 7.70. The van der Waals surface area contributed by atoms with Crippen molar-refractivity contribution in [1.29, 1.82) is 0 Å². The lowest BCUT2D eigenvalue weighted by atomic mass is 9.85. The number of benzene rings is 2. The molecule has 1 saturated heterocycles. The van der Waals surface area contributed by atoms with E-state index in [1.165, 1.54) is 0 Å². The van der Waals surface area contributed by atoms with Crippen LogP contribution in [0.2, 0.25) is 0 Å². The Morgan fingerprint density at radius 1 is 1.04 bits per heavy atom. The van der Waals surface area contributed by atoms with E-state index in [9.17, 15) is 14.4 Å². The SMILES string of the molecule is CC(c1cc(Br)ccc1OCc1ccccc1)C1C(=O)NC(=O)NC1=O. The molecular weight excluding hydrogens is 400 g/mol. The van der Waals surface area contributed by atoms with Crippen LogP contribution >= 0.6 is 15.9 Å². The summed E-state index contributed by atoms with van der Waals surface area (Å²) in [5.74, 6) is -2.13. The van der Waals surface area contributed by atoms with Crippen molar-refractivity contribution in [1.82, 2.24) is 10.6 Å². The molecule has 0 saturated carbocycles. The Balaban J connectivity index is 1.86. The highest BCUT2D eigenvalue weighted by atomic mass is 79.9. The number of rotatable bonds is 5. The zero-order valence-electron chi connectivity index (χ0n) is 14.0. The first kappa shape index (κ1) is 18.1. The fourth-order valence-corrected chi connectivity index (χ4v) is 3.28. The third-order valence-electron chi connectivity index (χ3n) is 4.24. The fourth-order valence-electron chi connectivity index (χ4n) is 2.91. The highest BCUT2D eigenvalue weighted by Gasteiger charge is 2.39. The summed E-state index contributed by atoms with van der Waals surface area (Å²) >= 11 is 3.41. The zero-order chi connectivity index (χ0) is 18.7. The number of ether oxygens (including phenoxy) is 1. The zero-order valence-corrected chi connectivity index (χ0v) is 15.6. The summed E-state index contributed by atoms with van der Waals surface area (Å²) in [4.78, 5) is 35.6. The molecule has 7 heteroatoms. The Morgan fingerprint density at radius 3 is 2.35 bits per heavy atom. The van der Waals surface area contributed by atoms with Crippen molar-refractivity contribution < 1.29 is 19.1 Å². The van der Waals surface area contributed by atoms with Crippen LogP contribution in [-0.2, 0) is 16.2 Å². The van der Waals surface area contributed by atoms with Gasteiger partial charge in [-0.05, 0) is 29.3 Å². The number of hydrogen-bond acceptors (Lipinski definition) is 4. The number of carbonyl (C=O) groups excluding carboxylic acids is 3. The number of imide groups is 2. The lowest BCUT2D eigenvalue weighted by Crippen LogP contribution is -2.56. The van der Waals surface area contributed by atoms with Gasteiger partial charge in [-0.3, -0.25) is 20.2 Å². The molecule has 1 atom stereocenters. The third-order valence-corrected chi connectivity index (χ3v) is 4.73. The maximum atomic E-state index is 12.2. The van der Waals surface area contributed by atoms with Crippen molar-refractivity contribution in [2.75, 3.05) is 0 Å². The van der Waals surface area contributed by atoms with E-state index in [0.29, 0.717) is 17.9 Å². The Kier molecular flexibility index (Phi) is 5.37. The minimum atomic E-state index is -1.01. The van der Waals surface area contributed by atoms with Crippen LogP contribution in [0.4, 0.5) is 4.79 Å². The molecule has 26 heavy (non-hydrogen) atoms. The summed E-state index contributed by atoms with van der Waals surface area (Å²) in [5, 5.41) is 4.28. The summed E-state index contributed by atoms with van der Waals surface area (Å²) in [5.41, 5.74) is 1.72. The van der Waals surface area contributed by atoms with E-state index in [4.69, 9.17) is 4.74 Å². The lowest BCUT2D eigenvalue weighted by molar-refractivity contribution is -0.136. The maximum absolute atomic E-state index is 12.2. The molecule has 2 aromatic rings. The van der Waals surface area contributed by atoms with Gasteiger partial charge in [0.25, 0.3) is 0 Å². The molecule has 1 unspecified atom stereocenters. The van der Waals surface area contributed by atoms with Gasteiger partial charge in [0.05, 0.1) is 0 Å². The van der Waals surface area contributed by atoms with Gasteiger partial charge in [0.1, 0.15) is 18.3 Å². The van der Waals surface area contributed by atoms with Gasteiger partial charge >= 0.3 is 6.03 Å². The average Bonchev–Trinajstić information content (AvgIpc) is 2.60. The van der Waals surface area contributed by atoms with Crippen molar-refractivity contribution >= 4 is 33.8 Å². The maximum Gasteiger partial charge on any atom is 0.328 e. The van der Waals surface area contributed by atoms with Crippen molar-refractivity contribution in [3.63, 3.8) is 0 Å². The van der Waals surface area contributed by atoms with Gasteiger partial charge in [0.2, 0.25) is 11.8 Å². The third kappa shape index (κ3) is 3.94. The molecule has 1 aliphatic rings. The predicted molar refractivity (Wildman–Crippen MR) is 98.5 cm³/mol. The molecule has 134 valence electrons. The van der Waals surface area contributed by atoms with Gasteiger partial charge in [0.15, 0.2) is 0 Å². The summed E-state index contributed by atoms with van der Waals surface area (Å²) in [6.45, 7) is 2.13. The predicted octanol–water partition coefficient (Wildman–Crippen LogP) is 3.11. The highest BCUT2D eigenvalue weighted by molar-refractivity contribution is 9.10. The molecule has 0 bridgehead atoms. The van der Waals surface area contributed by atoms with Crippen molar-refractivity contribution in [2.45, 2.75) is 19.4 Å². The molecule has 0 aromatic heterocycles. The van der Waals surface area contributed by atoms with Gasteiger partial charge in [-0.25, -0.2) is 4.79 Å². The lowest BCUT2D eigenvalue weighted by Gasteiger charge is -2.27. The molecule has 0 spiro atoms. The van der Waals surface area contributed by atoms with E-state index in [1.807, 2.05) is 42.5 Å². The van der Waals surface area contributed by atoms with Crippen LogP contribution in [0.1, 0.15) is 24.0 Å². The second-order valence-corrected chi connectivity index (χ2v) is 6.95. The smallest absolute Gasteiger partial charge is 0.328 e. The number of barbiturate groups is 1. The largest absolute Gasteiger partial charge is 0.489 e. The van der Waals surface area contributed by atoms with E-state index in [2.05, 4.69) is 26.6 Å². The van der Waals surface area contributed by atoms with E-state index >= 15 is 0 Å². The molecular formula is C19H17BrN2O4. The van der Waals surface area contributed by atoms with Gasteiger partial charge in [0, 0.05) is 10.4 Å². The van der Waals surface area contributed by atoms with Gasteiger partial charge < -0.3 is 4.74 Å². The van der Waals surface area contributed by atoms with Crippen LogP contribution < -0.4 is 15.4 Å². The number of amides is 4. The summed E-state index contributed by atoms with van der Waals surface area (Å²) in [7, 11) is 0.